The number of halogens is 3. The van der Waals surface area contributed by atoms with Gasteiger partial charge in [-0.2, -0.15) is 13.2 Å². The van der Waals surface area contributed by atoms with Crippen molar-refractivity contribution >= 4 is 17.4 Å². The Morgan fingerprint density at radius 2 is 1.93 bits per heavy atom. The van der Waals surface area contributed by atoms with Gasteiger partial charge in [-0.05, 0) is 37.1 Å². The third-order valence-corrected chi connectivity index (χ3v) is 5.60. The Balaban J connectivity index is 1.55. The summed E-state index contributed by atoms with van der Waals surface area (Å²) in [5, 5.41) is 0. The lowest BCUT2D eigenvalue weighted by atomic mass is 10.1. The van der Waals surface area contributed by atoms with Crippen molar-refractivity contribution in [1.82, 2.24) is 9.88 Å². The number of alkyl halides is 3. The minimum absolute atomic E-state index is 0.122. The summed E-state index contributed by atoms with van der Waals surface area (Å²) in [6, 6.07) is 11.0. The molecule has 0 bridgehead atoms. The lowest BCUT2D eigenvalue weighted by Crippen LogP contribution is -2.54. The molecule has 1 aromatic carbocycles. The van der Waals surface area contributed by atoms with E-state index in [-0.39, 0.29) is 18.5 Å². The highest BCUT2D eigenvalue weighted by atomic mass is 19.4. The molecule has 154 valence electrons. The van der Waals surface area contributed by atoms with Crippen molar-refractivity contribution < 1.29 is 18.0 Å². The fourth-order valence-electron chi connectivity index (χ4n) is 4.16. The predicted octanol–water partition coefficient (Wildman–Crippen LogP) is 3.36. The molecule has 0 radical (unpaired) electrons. The van der Waals surface area contributed by atoms with Crippen molar-refractivity contribution in [3.63, 3.8) is 0 Å². The number of para-hydroxylation sites is 1. The standard InChI is InChI=1S/C21H23F3N4O/c1-15-13-26(11-12-27(15)14-21(22,23)24)19-17(6-4-9-25-19)20(29)28-10-8-16-5-2-3-7-18(16)28/h2-7,9,15H,8,10-14H2,1H3. The van der Waals surface area contributed by atoms with Crippen LogP contribution in [-0.2, 0) is 6.42 Å². The molecule has 29 heavy (non-hydrogen) atoms. The zero-order valence-electron chi connectivity index (χ0n) is 16.2. The third-order valence-electron chi connectivity index (χ3n) is 5.60. The maximum absolute atomic E-state index is 13.3. The normalized spacial score (nSPS) is 20.1. The van der Waals surface area contributed by atoms with Crippen molar-refractivity contribution in [1.29, 1.82) is 0 Å². The van der Waals surface area contributed by atoms with Gasteiger partial charge in [0.1, 0.15) is 5.82 Å². The molecule has 1 aromatic heterocycles. The predicted molar refractivity (Wildman–Crippen MR) is 105 cm³/mol. The molecule has 1 atom stereocenters. The summed E-state index contributed by atoms with van der Waals surface area (Å²) in [5.74, 6) is 0.420. The molecular weight excluding hydrogens is 381 g/mol. The van der Waals surface area contributed by atoms with E-state index in [1.54, 1.807) is 30.2 Å². The summed E-state index contributed by atoms with van der Waals surface area (Å²) in [7, 11) is 0. The number of nitrogens with zero attached hydrogens (tertiary/aromatic N) is 4. The van der Waals surface area contributed by atoms with E-state index >= 15 is 0 Å². The number of fused-ring (bicyclic) bond motifs is 1. The highest BCUT2D eigenvalue weighted by Gasteiger charge is 2.36. The van der Waals surface area contributed by atoms with Crippen LogP contribution < -0.4 is 9.80 Å². The van der Waals surface area contributed by atoms with Gasteiger partial charge in [0.15, 0.2) is 0 Å². The summed E-state index contributed by atoms with van der Waals surface area (Å²) in [4.78, 5) is 22.8. The highest BCUT2D eigenvalue weighted by Crippen LogP contribution is 2.31. The van der Waals surface area contributed by atoms with Gasteiger partial charge in [0.2, 0.25) is 0 Å². The lowest BCUT2D eigenvalue weighted by molar-refractivity contribution is -0.150. The number of pyridine rings is 1. The van der Waals surface area contributed by atoms with Gasteiger partial charge in [-0.25, -0.2) is 4.98 Å². The number of aromatic nitrogens is 1. The molecule has 1 saturated heterocycles. The molecule has 5 nitrogen and oxygen atoms in total. The molecule has 0 spiro atoms. The van der Waals surface area contributed by atoms with Gasteiger partial charge in [0, 0.05) is 44.1 Å². The van der Waals surface area contributed by atoms with Crippen LogP contribution in [-0.4, -0.2) is 60.7 Å². The second-order valence-corrected chi connectivity index (χ2v) is 7.59. The fourth-order valence-corrected chi connectivity index (χ4v) is 4.16. The van der Waals surface area contributed by atoms with Gasteiger partial charge in [0.05, 0.1) is 12.1 Å². The van der Waals surface area contributed by atoms with Crippen molar-refractivity contribution in [2.45, 2.75) is 25.6 Å². The Hall–Kier alpha value is -2.61. The van der Waals surface area contributed by atoms with Crippen LogP contribution in [0.1, 0.15) is 22.8 Å². The number of hydrogen-bond donors (Lipinski definition) is 0. The molecule has 0 N–H and O–H groups in total. The van der Waals surface area contributed by atoms with Gasteiger partial charge < -0.3 is 9.80 Å². The maximum Gasteiger partial charge on any atom is 0.401 e. The van der Waals surface area contributed by atoms with Gasteiger partial charge in [-0.3, -0.25) is 9.69 Å². The number of carbonyl (C=O) groups excluding carboxylic acids is 1. The fraction of sp³-hybridized carbons (Fsp3) is 0.429. The first-order valence-electron chi connectivity index (χ1n) is 9.74. The van der Waals surface area contributed by atoms with Crippen LogP contribution in [0, 0.1) is 0 Å². The third kappa shape index (κ3) is 4.07. The Bertz CT molecular complexity index is 901. The SMILES string of the molecule is CC1CN(c2ncccc2C(=O)N2CCc3ccccc32)CCN1CC(F)(F)F. The first-order chi connectivity index (χ1) is 13.8. The van der Waals surface area contributed by atoms with Gasteiger partial charge in [-0.15, -0.1) is 0 Å². The van der Waals surface area contributed by atoms with E-state index in [0.29, 0.717) is 31.0 Å². The summed E-state index contributed by atoms with van der Waals surface area (Å²) >= 11 is 0. The van der Waals surface area contributed by atoms with E-state index in [1.807, 2.05) is 29.2 Å². The van der Waals surface area contributed by atoms with Gasteiger partial charge >= 0.3 is 6.18 Å². The van der Waals surface area contributed by atoms with Gasteiger partial charge in [0.25, 0.3) is 5.91 Å². The summed E-state index contributed by atoms with van der Waals surface area (Å²) in [6.45, 7) is 2.54. The molecule has 2 aliphatic rings. The Morgan fingerprint density at radius 3 is 2.69 bits per heavy atom. The topological polar surface area (TPSA) is 39.7 Å². The molecule has 2 aromatic rings. The van der Waals surface area contributed by atoms with Crippen LogP contribution in [0.4, 0.5) is 24.7 Å². The Morgan fingerprint density at radius 1 is 1.14 bits per heavy atom. The first kappa shape index (κ1) is 19.7. The minimum Gasteiger partial charge on any atom is -0.353 e. The molecule has 0 saturated carbocycles. The van der Waals surface area contributed by atoms with Crippen LogP contribution in [0.2, 0.25) is 0 Å². The maximum atomic E-state index is 13.3. The molecule has 4 rings (SSSR count). The van der Waals surface area contributed by atoms with Gasteiger partial charge in [-0.1, -0.05) is 18.2 Å². The minimum atomic E-state index is -4.22. The Labute approximate surface area is 167 Å². The average molecular weight is 404 g/mol. The number of hydrogen-bond acceptors (Lipinski definition) is 4. The number of carbonyl (C=O) groups is 1. The smallest absolute Gasteiger partial charge is 0.353 e. The van der Waals surface area contributed by atoms with Crippen LogP contribution in [0.3, 0.4) is 0 Å². The van der Waals surface area contributed by atoms with E-state index in [9.17, 15) is 18.0 Å². The van der Waals surface area contributed by atoms with E-state index in [0.717, 1.165) is 17.7 Å². The number of rotatable bonds is 3. The molecular formula is C21H23F3N4O. The largest absolute Gasteiger partial charge is 0.401 e. The van der Waals surface area contributed by atoms with Crippen LogP contribution in [0.25, 0.3) is 0 Å². The van der Waals surface area contributed by atoms with Crippen molar-refractivity contribution in [3.05, 3.63) is 53.7 Å². The highest BCUT2D eigenvalue weighted by molar-refractivity contribution is 6.10. The van der Waals surface area contributed by atoms with Crippen LogP contribution in [0.15, 0.2) is 42.6 Å². The molecule has 0 aliphatic carbocycles. The second kappa shape index (κ2) is 7.67. The molecule has 1 unspecified atom stereocenters. The number of piperazine rings is 1. The summed E-state index contributed by atoms with van der Waals surface area (Å²) in [5.41, 5.74) is 2.54. The first-order valence-corrected chi connectivity index (χ1v) is 9.74. The van der Waals surface area contributed by atoms with E-state index in [2.05, 4.69) is 4.98 Å². The zero-order chi connectivity index (χ0) is 20.6. The van der Waals surface area contributed by atoms with E-state index in [4.69, 9.17) is 0 Å². The van der Waals surface area contributed by atoms with Crippen LogP contribution in [0.5, 0.6) is 0 Å². The number of benzene rings is 1. The summed E-state index contributed by atoms with van der Waals surface area (Å²) in [6.07, 6.45) is -1.78. The van der Waals surface area contributed by atoms with Crippen molar-refractivity contribution in [2.24, 2.45) is 0 Å². The van der Waals surface area contributed by atoms with Crippen molar-refractivity contribution in [3.8, 4) is 0 Å². The lowest BCUT2D eigenvalue weighted by Gasteiger charge is -2.41. The van der Waals surface area contributed by atoms with Crippen molar-refractivity contribution in [2.75, 3.05) is 42.5 Å². The molecule has 8 heteroatoms. The number of amides is 1. The van der Waals surface area contributed by atoms with Crippen LogP contribution >= 0.6 is 0 Å². The zero-order valence-corrected chi connectivity index (χ0v) is 16.2. The Kier molecular flexibility index (Phi) is 5.21. The monoisotopic (exact) mass is 404 g/mol. The average Bonchev–Trinajstić information content (AvgIpc) is 3.12. The van der Waals surface area contributed by atoms with E-state index in [1.165, 1.54) is 4.90 Å². The molecule has 3 heterocycles. The van der Waals surface area contributed by atoms with E-state index < -0.39 is 12.7 Å². The summed E-state index contributed by atoms with van der Waals surface area (Å²) < 4.78 is 38.3. The molecule has 1 fully saturated rings. The molecule has 1 amide bonds. The molecule has 2 aliphatic heterocycles. The number of anilines is 2. The second-order valence-electron chi connectivity index (χ2n) is 7.59. The quantitative estimate of drug-likeness (QED) is 0.787.